The summed E-state index contributed by atoms with van der Waals surface area (Å²) >= 11 is 0. The van der Waals surface area contributed by atoms with Crippen LogP contribution in [-0.2, 0) is 6.54 Å². The number of likely N-dealkylation sites (tertiary alicyclic amines) is 1. The minimum Gasteiger partial charge on any atom is -0.366 e. The highest BCUT2D eigenvalue weighted by Crippen LogP contribution is 2.15. The van der Waals surface area contributed by atoms with Crippen LogP contribution in [0.5, 0.6) is 0 Å². The molecule has 122 valence electrons. The molecule has 3 N–H and O–H groups in total. The van der Waals surface area contributed by atoms with E-state index in [9.17, 15) is 9.59 Å². The molecule has 1 aliphatic heterocycles. The number of fused-ring (bicyclic) bond motifs is 1. The molecule has 0 spiro atoms. The van der Waals surface area contributed by atoms with E-state index in [0.717, 1.165) is 30.8 Å². The number of aromatic amines is 1. The lowest BCUT2D eigenvalue weighted by molar-refractivity contribution is 0.100. The summed E-state index contributed by atoms with van der Waals surface area (Å²) in [6.07, 6.45) is 6.36. The number of aromatic nitrogens is 1. The van der Waals surface area contributed by atoms with Gasteiger partial charge in [0, 0.05) is 34.8 Å². The van der Waals surface area contributed by atoms with Gasteiger partial charge in [-0.05, 0) is 44.1 Å². The fourth-order valence-corrected chi connectivity index (χ4v) is 3.25. The fraction of sp³-hybridized carbons (Fsp3) is 0.444. The molecule has 1 amide bonds. The number of carbonyl (C=O) groups is 1. The van der Waals surface area contributed by atoms with Crippen molar-refractivity contribution in [1.29, 1.82) is 0 Å². The zero-order valence-corrected chi connectivity index (χ0v) is 13.3. The largest absolute Gasteiger partial charge is 0.366 e. The Morgan fingerprint density at radius 1 is 1.09 bits per heavy atom. The van der Waals surface area contributed by atoms with Crippen molar-refractivity contribution in [3.05, 3.63) is 45.7 Å². The first-order chi connectivity index (χ1) is 11.1. The Balaban J connectivity index is 1.85. The summed E-state index contributed by atoms with van der Waals surface area (Å²) in [5.74, 6) is -0.518. The number of nitrogens with one attached hydrogen (secondary N) is 1. The molecule has 0 atom stereocenters. The molecule has 1 aromatic heterocycles. The summed E-state index contributed by atoms with van der Waals surface area (Å²) in [6, 6.07) is 6.62. The quantitative estimate of drug-likeness (QED) is 0.913. The second-order valence-corrected chi connectivity index (χ2v) is 6.33. The Hall–Kier alpha value is -2.14. The van der Waals surface area contributed by atoms with E-state index < -0.39 is 5.91 Å². The number of rotatable bonds is 3. The van der Waals surface area contributed by atoms with Crippen LogP contribution in [0, 0.1) is 0 Å². The predicted octanol–water partition coefficient (Wildman–Crippen LogP) is 2.39. The number of nitrogens with two attached hydrogens (primary N) is 1. The van der Waals surface area contributed by atoms with Gasteiger partial charge in [-0.25, -0.2) is 0 Å². The van der Waals surface area contributed by atoms with Gasteiger partial charge in [-0.15, -0.1) is 0 Å². The van der Waals surface area contributed by atoms with Gasteiger partial charge in [0.15, 0.2) is 5.43 Å². The molecule has 2 heterocycles. The molecule has 1 aromatic carbocycles. The van der Waals surface area contributed by atoms with E-state index >= 15 is 0 Å². The van der Waals surface area contributed by atoms with Crippen LogP contribution in [0.25, 0.3) is 10.9 Å². The summed E-state index contributed by atoms with van der Waals surface area (Å²) in [6.45, 7) is 2.93. The van der Waals surface area contributed by atoms with E-state index in [1.165, 1.54) is 32.1 Å². The maximum Gasteiger partial charge on any atom is 0.248 e. The minimum atomic E-state index is -0.518. The molecule has 0 saturated carbocycles. The van der Waals surface area contributed by atoms with Crippen LogP contribution in [-0.4, -0.2) is 28.9 Å². The van der Waals surface area contributed by atoms with E-state index in [4.69, 9.17) is 5.73 Å². The highest BCUT2D eigenvalue weighted by atomic mass is 16.1. The first kappa shape index (κ1) is 15.7. The van der Waals surface area contributed by atoms with Crippen molar-refractivity contribution in [2.45, 2.75) is 38.6 Å². The minimum absolute atomic E-state index is 0.0658. The maximum atomic E-state index is 12.3. The molecule has 0 unspecified atom stereocenters. The third kappa shape index (κ3) is 3.79. The van der Waals surface area contributed by atoms with Gasteiger partial charge >= 0.3 is 0 Å². The first-order valence-corrected chi connectivity index (χ1v) is 8.31. The molecule has 1 aliphatic rings. The van der Waals surface area contributed by atoms with Crippen LogP contribution in [0.1, 0.15) is 48.2 Å². The van der Waals surface area contributed by atoms with Crippen molar-refractivity contribution in [2.24, 2.45) is 5.73 Å². The summed E-state index contributed by atoms with van der Waals surface area (Å²) < 4.78 is 0. The average molecular weight is 313 g/mol. The molecular weight excluding hydrogens is 290 g/mol. The summed E-state index contributed by atoms with van der Waals surface area (Å²) in [7, 11) is 0. The monoisotopic (exact) mass is 313 g/mol. The lowest BCUT2D eigenvalue weighted by Crippen LogP contribution is -2.27. The topological polar surface area (TPSA) is 79.2 Å². The predicted molar refractivity (Wildman–Crippen MR) is 91.4 cm³/mol. The van der Waals surface area contributed by atoms with E-state index in [1.54, 1.807) is 24.3 Å². The van der Waals surface area contributed by atoms with Crippen LogP contribution in [0.4, 0.5) is 0 Å². The van der Waals surface area contributed by atoms with Gasteiger partial charge < -0.3 is 10.7 Å². The zero-order valence-electron chi connectivity index (χ0n) is 13.3. The number of H-pyrrole nitrogens is 1. The molecule has 2 aromatic rings. The summed E-state index contributed by atoms with van der Waals surface area (Å²) in [4.78, 5) is 29.3. The number of hydrogen-bond donors (Lipinski definition) is 2. The normalized spacial score (nSPS) is 16.9. The van der Waals surface area contributed by atoms with E-state index in [-0.39, 0.29) is 5.43 Å². The van der Waals surface area contributed by atoms with Crippen molar-refractivity contribution in [3.8, 4) is 0 Å². The van der Waals surface area contributed by atoms with Crippen LogP contribution < -0.4 is 11.2 Å². The number of primary amides is 1. The van der Waals surface area contributed by atoms with Crippen LogP contribution in [0.2, 0.25) is 0 Å². The van der Waals surface area contributed by atoms with Gasteiger partial charge in [0.05, 0.1) is 0 Å². The third-order valence-corrected chi connectivity index (χ3v) is 4.51. The van der Waals surface area contributed by atoms with Crippen LogP contribution in [0.15, 0.2) is 29.1 Å². The van der Waals surface area contributed by atoms with Gasteiger partial charge in [0.1, 0.15) is 0 Å². The Bertz CT molecular complexity index is 758. The summed E-state index contributed by atoms with van der Waals surface area (Å²) in [5.41, 5.74) is 7.25. The van der Waals surface area contributed by atoms with Gasteiger partial charge in [-0.2, -0.15) is 0 Å². The standard InChI is InChI=1S/C18H23N3O2/c19-18(23)13-6-7-16-15(10-13)17(22)11-14(20-16)12-21-8-4-2-1-3-5-9-21/h6-7,10-11H,1-5,8-9,12H2,(H2,19,23)(H,20,22). The van der Waals surface area contributed by atoms with E-state index in [1.807, 2.05) is 0 Å². The lowest BCUT2D eigenvalue weighted by Gasteiger charge is -2.24. The van der Waals surface area contributed by atoms with Gasteiger partial charge in [0.2, 0.25) is 5.91 Å². The smallest absolute Gasteiger partial charge is 0.248 e. The summed E-state index contributed by atoms with van der Waals surface area (Å²) in [5, 5.41) is 0.512. The molecule has 1 fully saturated rings. The van der Waals surface area contributed by atoms with Crippen molar-refractivity contribution >= 4 is 16.8 Å². The Morgan fingerprint density at radius 3 is 2.48 bits per heavy atom. The van der Waals surface area contributed by atoms with Crippen LogP contribution in [0.3, 0.4) is 0 Å². The molecule has 1 saturated heterocycles. The first-order valence-electron chi connectivity index (χ1n) is 8.31. The van der Waals surface area contributed by atoms with Crippen molar-refractivity contribution in [1.82, 2.24) is 9.88 Å². The Morgan fingerprint density at radius 2 is 1.78 bits per heavy atom. The number of amides is 1. The van der Waals surface area contributed by atoms with Crippen molar-refractivity contribution < 1.29 is 4.79 Å². The maximum absolute atomic E-state index is 12.3. The van der Waals surface area contributed by atoms with Gasteiger partial charge in [-0.1, -0.05) is 19.3 Å². The molecule has 0 aliphatic carbocycles. The number of carbonyl (C=O) groups excluding carboxylic acids is 1. The van der Waals surface area contributed by atoms with E-state index in [0.29, 0.717) is 10.9 Å². The fourth-order valence-electron chi connectivity index (χ4n) is 3.25. The molecule has 5 nitrogen and oxygen atoms in total. The number of pyridine rings is 1. The second kappa shape index (κ2) is 6.96. The van der Waals surface area contributed by atoms with Gasteiger partial charge in [0.25, 0.3) is 0 Å². The van der Waals surface area contributed by atoms with Crippen LogP contribution >= 0.6 is 0 Å². The molecule has 0 radical (unpaired) electrons. The van der Waals surface area contributed by atoms with Crippen molar-refractivity contribution in [3.63, 3.8) is 0 Å². The lowest BCUT2D eigenvalue weighted by atomic mass is 10.1. The molecule has 5 heteroatoms. The zero-order chi connectivity index (χ0) is 16.2. The Labute approximate surface area is 135 Å². The van der Waals surface area contributed by atoms with E-state index in [2.05, 4.69) is 9.88 Å². The SMILES string of the molecule is NC(=O)c1ccc2[nH]c(CN3CCCCCCC3)cc(=O)c2c1. The second-order valence-electron chi connectivity index (χ2n) is 6.33. The average Bonchev–Trinajstić information content (AvgIpc) is 2.49. The highest BCUT2D eigenvalue weighted by Gasteiger charge is 2.11. The number of nitrogens with zero attached hydrogens (tertiary/aromatic N) is 1. The van der Waals surface area contributed by atoms with Crippen molar-refractivity contribution in [2.75, 3.05) is 13.1 Å². The number of benzene rings is 1. The Kier molecular flexibility index (Phi) is 4.76. The number of hydrogen-bond acceptors (Lipinski definition) is 3. The molecule has 23 heavy (non-hydrogen) atoms. The highest BCUT2D eigenvalue weighted by molar-refractivity contribution is 5.96. The molecular formula is C18H23N3O2. The molecule has 0 bridgehead atoms. The van der Waals surface area contributed by atoms with Gasteiger partial charge in [-0.3, -0.25) is 14.5 Å². The third-order valence-electron chi connectivity index (χ3n) is 4.51. The molecule has 3 rings (SSSR count).